The largest absolute Gasteiger partial charge is 0.466 e. The number of aliphatic hydroxyl groups is 2. The van der Waals surface area contributed by atoms with E-state index in [0.717, 1.165) is 57.8 Å². The molecule has 0 fully saturated rings. The van der Waals surface area contributed by atoms with Crippen molar-refractivity contribution in [2.24, 2.45) is 0 Å². The van der Waals surface area contributed by atoms with Gasteiger partial charge in [-0.2, -0.15) is 0 Å². The molecule has 56 heavy (non-hydrogen) atoms. The number of allylic oxidation sites excluding steroid dienone is 3. The van der Waals surface area contributed by atoms with Gasteiger partial charge in [-0.15, -0.1) is 0 Å². The maximum atomic E-state index is 12.4. The number of carbonyl (C=O) groups is 2. The van der Waals surface area contributed by atoms with Gasteiger partial charge in [0.25, 0.3) is 0 Å². The molecule has 6 heteroatoms. The molecule has 6 nitrogen and oxygen atoms in total. The standard InChI is InChI=1S/C50H95NO5/c1-3-5-7-9-11-13-15-16-21-24-28-32-36-40-44-50(55)56-45-41-37-33-29-25-22-19-17-18-20-23-27-31-35-39-43-49(54)51-47(46-52)48(53)42-38-34-30-26-14-12-10-8-6-4-2/h15-16,38,42,47-48,52-53H,3-14,17-37,39-41,43-46H2,1-2H3,(H,51,54)/b16-15-,42-38+. The van der Waals surface area contributed by atoms with Crippen LogP contribution in [0.4, 0.5) is 0 Å². The molecule has 0 aromatic rings. The lowest BCUT2D eigenvalue weighted by Gasteiger charge is -2.20. The van der Waals surface area contributed by atoms with Crippen LogP contribution < -0.4 is 5.32 Å². The molecule has 0 aliphatic heterocycles. The smallest absolute Gasteiger partial charge is 0.305 e. The number of carbonyl (C=O) groups excluding carboxylic acids is 2. The van der Waals surface area contributed by atoms with Crippen LogP contribution >= 0.6 is 0 Å². The Balaban J connectivity index is 3.44. The molecule has 2 atom stereocenters. The van der Waals surface area contributed by atoms with E-state index in [1.807, 2.05) is 6.08 Å². The number of hydrogen-bond donors (Lipinski definition) is 3. The van der Waals surface area contributed by atoms with Crippen molar-refractivity contribution in [3.05, 3.63) is 24.3 Å². The molecule has 0 saturated carbocycles. The summed E-state index contributed by atoms with van der Waals surface area (Å²) in [6, 6.07) is -0.632. The Morgan fingerprint density at radius 3 is 1.27 bits per heavy atom. The van der Waals surface area contributed by atoms with Crippen molar-refractivity contribution < 1.29 is 24.5 Å². The molecule has 330 valence electrons. The van der Waals surface area contributed by atoms with Crippen LogP contribution in [0.3, 0.4) is 0 Å². The molecular formula is C50H95NO5. The van der Waals surface area contributed by atoms with Gasteiger partial charge in [-0.3, -0.25) is 9.59 Å². The highest BCUT2D eigenvalue weighted by Gasteiger charge is 2.18. The number of rotatable bonds is 45. The molecule has 0 aromatic carbocycles. The first kappa shape index (κ1) is 54.3. The highest BCUT2D eigenvalue weighted by Crippen LogP contribution is 2.15. The normalized spacial score (nSPS) is 12.9. The van der Waals surface area contributed by atoms with Gasteiger partial charge >= 0.3 is 5.97 Å². The fourth-order valence-corrected chi connectivity index (χ4v) is 7.39. The van der Waals surface area contributed by atoms with Gasteiger partial charge in [0.1, 0.15) is 0 Å². The van der Waals surface area contributed by atoms with Gasteiger partial charge in [0, 0.05) is 12.8 Å². The minimum Gasteiger partial charge on any atom is -0.466 e. The Morgan fingerprint density at radius 1 is 0.482 bits per heavy atom. The van der Waals surface area contributed by atoms with Gasteiger partial charge in [-0.25, -0.2) is 0 Å². The third-order valence-corrected chi connectivity index (χ3v) is 11.2. The summed E-state index contributed by atoms with van der Waals surface area (Å²) in [4.78, 5) is 24.4. The Labute approximate surface area is 348 Å². The number of hydrogen-bond acceptors (Lipinski definition) is 5. The van der Waals surface area contributed by atoms with E-state index in [9.17, 15) is 19.8 Å². The zero-order chi connectivity index (χ0) is 40.8. The molecular weight excluding hydrogens is 695 g/mol. The zero-order valence-electron chi connectivity index (χ0n) is 37.4. The predicted molar refractivity (Wildman–Crippen MR) is 241 cm³/mol. The third-order valence-electron chi connectivity index (χ3n) is 11.2. The molecule has 1 amide bonds. The Bertz CT molecular complexity index is 874. The number of esters is 1. The van der Waals surface area contributed by atoms with Crippen LogP contribution in [0.2, 0.25) is 0 Å². The summed E-state index contributed by atoms with van der Waals surface area (Å²) in [6.07, 6.45) is 53.1. The Kier molecular flexibility index (Phi) is 44.7. The molecule has 3 N–H and O–H groups in total. The second kappa shape index (κ2) is 46.0. The molecule has 0 aliphatic carbocycles. The van der Waals surface area contributed by atoms with Crippen LogP contribution in [0.5, 0.6) is 0 Å². The number of amides is 1. The van der Waals surface area contributed by atoms with Gasteiger partial charge in [0.2, 0.25) is 5.91 Å². The van der Waals surface area contributed by atoms with Crippen molar-refractivity contribution in [3.63, 3.8) is 0 Å². The fourth-order valence-electron chi connectivity index (χ4n) is 7.39. The van der Waals surface area contributed by atoms with E-state index in [0.29, 0.717) is 19.4 Å². The summed E-state index contributed by atoms with van der Waals surface area (Å²) < 4.78 is 5.45. The van der Waals surface area contributed by atoms with E-state index in [-0.39, 0.29) is 18.5 Å². The minimum absolute atomic E-state index is 0.00973. The lowest BCUT2D eigenvalue weighted by atomic mass is 10.0. The summed E-state index contributed by atoms with van der Waals surface area (Å²) in [5, 5.41) is 22.9. The number of ether oxygens (including phenoxy) is 1. The summed E-state index contributed by atoms with van der Waals surface area (Å²) in [5.74, 6) is -0.0889. The van der Waals surface area contributed by atoms with Crippen molar-refractivity contribution in [3.8, 4) is 0 Å². The van der Waals surface area contributed by atoms with E-state index in [4.69, 9.17) is 4.74 Å². The van der Waals surface area contributed by atoms with E-state index in [1.54, 1.807) is 6.08 Å². The van der Waals surface area contributed by atoms with Gasteiger partial charge < -0.3 is 20.3 Å². The fraction of sp³-hybridized carbons (Fsp3) is 0.880. The second-order valence-corrected chi connectivity index (χ2v) is 16.8. The molecule has 0 spiro atoms. The topological polar surface area (TPSA) is 95.9 Å². The van der Waals surface area contributed by atoms with Crippen molar-refractivity contribution in [2.75, 3.05) is 13.2 Å². The maximum Gasteiger partial charge on any atom is 0.305 e. The van der Waals surface area contributed by atoms with Gasteiger partial charge in [0.05, 0.1) is 25.4 Å². The average molecular weight is 790 g/mol. The zero-order valence-corrected chi connectivity index (χ0v) is 37.4. The quantitative estimate of drug-likeness (QED) is 0.0324. The molecule has 0 bridgehead atoms. The van der Waals surface area contributed by atoms with Crippen LogP contribution in [-0.2, 0) is 14.3 Å². The van der Waals surface area contributed by atoms with Crippen LogP contribution in [0.25, 0.3) is 0 Å². The number of nitrogens with one attached hydrogen (secondary N) is 1. The monoisotopic (exact) mass is 790 g/mol. The minimum atomic E-state index is -0.848. The molecule has 0 radical (unpaired) electrons. The van der Waals surface area contributed by atoms with Crippen molar-refractivity contribution in [2.45, 2.75) is 270 Å². The van der Waals surface area contributed by atoms with E-state index < -0.39 is 12.1 Å². The molecule has 0 aromatic heterocycles. The van der Waals surface area contributed by atoms with Gasteiger partial charge in [-0.1, -0.05) is 212 Å². The van der Waals surface area contributed by atoms with E-state index in [1.165, 1.54) is 173 Å². The average Bonchev–Trinajstić information content (AvgIpc) is 3.20. The maximum absolute atomic E-state index is 12.4. The van der Waals surface area contributed by atoms with E-state index in [2.05, 4.69) is 31.3 Å². The summed E-state index contributed by atoms with van der Waals surface area (Å²) in [6.45, 7) is 4.84. The SMILES string of the molecule is CCCCCCC/C=C\CCCCCCCC(=O)OCCCCCCCCCCCCCCCCCC(=O)NC(CO)C(O)/C=C/CCCCCCCCCC. The predicted octanol–water partition coefficient (Wildman–Crippen LogP) is 14.3. The lowest BCUT2D eigenvalue weighted by Crippen LogP contribution is -2.45. The summed E-state index contributed by atoms with van der Waals surface area (Å²) in [5.41, 5.74) is 0. The Hall–Kier alpha value is -1.66. The van der Waals surface area contributed by atoms with Crippen molar-refractivity contribution in [1.29, 1.82) is 0 Å². The van der Waals surface area contributed by atoms with Crippen molar-refractivity contribution >= 4 is 11.9 Å². The van der Waals surface area contributed by atoms with Crippen LogP contribution in [0.15, 0.2) is 24.3 Å². The van der Waals surface area contributed by atoms with Crippen molar-refractivity contribution in [1.82, 2.24) is 5.32 Å². The molecule has 2 unspecified atom stereocenters. The first-order valence-corrected chi connectivity index (χ1v) is 24.6. The summed E-state index contributed by atoms with van der Waals surface area (Å²) >= 11 is 0. The Morgan fingerprint density at radius 2 is 0.839 bits per heavy atom. The molecule has 0 rings (SSSR count). The number of unbranched alkanes of at least 4 members (excludes halogenated alkanes) is 32. The van der Waals surface area contributed by atoms with Gasteiger partial charge in [-0.05, 0) is 57.8 Å². The van der Waals surface area contributed by atoms with Crippen LogP contribution in [0, 0.1) is 0 Å². The van der Waals surface area contributed by atoms with Crippen LogP contribution in [0.1, 0.15) is 258 Å². The molecule has 0 aliphatic rings. The highest BCUT2D eigenvalue weighted by atomic mass is 16.5. The first-order valence-electron chi connectivity index (χ1n) is 24.6. The van der Waals surface area contributed by atoms with E-state index >= 15 is 0 Å². The second-order valence-electron chi connectivity index (χ2n) is 16.8. The molecule has 0 heterocycles. The third kappa shape index (κ3) is 42.0. The van der Waals surface area contributed by atoms with Crippen LogP contribution in [-0.4, -0.2) is 47.4 Å². The highest BCUT2D eigenvalue weighted by molar-refractivity contribution is 5.76. The summed E-state index contributed by atoms with van der Waals surface area (Å²) in [7, 11) is 0. The molecule has 0 saturated heterocycles. The lowest BCUT2D eigenvalue weighted by molar-refractivity contribution is -0.143. The number of aliphatic hydroxyl groups excluding tert-OH is 2. The van der Waals surface area contributed by atoms with Gasteiger partial charge in [0.15, 0.2) is 0 Å². The first-order chi connectivity index (χ1) is 27.5.